The van der Waals surface area contributed by atoms with Gasteiger partial charge in [-0.1, -0.05) is 56.9 Å². The van der Waals surface area contributed by atoms with Gasteiger partial charge in [-0.05, 0) is 42.4 Å². The van der Waals surface area contributed by atoms with Crippen molar-refractivity contribution in [3.63, 3.8) is 0 Å². The molecule has 128 valence electrons. The van der Waals surface area contributed by atoms with E-state index in [0.717, 1.165) is 24.3 Å². The molecule has 5 heteroatoms. The van der Waals surface area contributed by atoms with Crippen molar-refractivity contribution in [3.8, 4) is 5.75 Å². The van der Waals surface area contributed by atoms with Gasteiger partial charge in [0.15, 0.2) is 5.76 Å². The van der Waals surface area contributed by atoms with Gasteiger partial charge in [0, 0.05) is 0 Å². The molecule has 0 unspecified atom stereocenters. The SMILES string of the molecule is CCCCCCCOc1ccc(C=CC=C2OC(=S)NC2=O)cc1. The second-order valence-electron chi connectivity index (χ2n) is 5.57. The first-order valence-electron chi connectivity index (χ1n) is 8.33. The predicted octanol–water partition coefficient (Wildman–Crippen LogP) is 4.36. The molecule has 0 aromatic heterocycles. The van der Waals surface area contributed by atoms with E-state index in [4.69, 9.17) is 21.7 Å². The average molecular weight is 345 g/mol. The minimum absolute atomic E-state index is 0.0934. The van der Waals surface area contributed by atoms with E-state index in [2.05, 4.69) is 12.2 Å². The van der Waals surface area contributed by atoms with Crippen LogP contribution in [0.4, 0.5) is 0 Å². The van der Waals surface area contributed by atoms with Crippen LogP contribution in [0.25, 0.3) is 6.08 Å². The molecule has 1 N–H and O–H groups in total. The zero-order valence-electron chi connectivity index (χ0n) is 13.9. The molecule has 0 saturated carbocycles. The number of amides is 1. The molecule has 1 aromatic carbocycles. The van der Waals surface area contributed by atoms with Crippen molar-refractivity contribution >= 4 is 29.4 Å². The summed E-state index contributed by atoms with van der Waals surface area (Å²) in [4.78, 5) is 11.4. The Labute approximate surface area is 148 Å². The minimum atomic E-state index is -0.313. The van der Waals surface area contributed by atoms with E-state index in [9.17, 15) is 4.79 Å². The van der Waals surface area contributed by atoms with Crippen molar-refractivity contribution in [1.82, 2.24) is 5.32 Å². The summed E-state index contributed by atoms with van der Waals surface area (Å²) in [5, 5.41) is 2.50. The molecule has 1 aliphatic heterocycles. The molecule has 1 aliphatic rings. The van der Waals surface area contributed by atoms with Gasteiger partial charge in [0.2, 0.25) is 0 Å². The fourth-order valence-electron chi connectivity index (χ4n) is 2.25. The number of ether oxygens (including phenoxy) is 2. The third-order valence-corrected chi connectivity index (χ3v) is 3.76. The number of hydrogen-bond acceptors (Lipinski definition) is 4. The fraction of sp³-hybridized carbons (Fsp3) is 0.368. The largest absolute Gasteiger partial charge is 0.494 e. The summed E-state index contributed by atoms with van der Waals surface area (Å²) in [6, 6.07) is 7.85. The number of hydrogen-bond donors (Lipinski definition) is 1. The Morgan fingerprint density at radius 1 is 1.17 bits per heavy atom. The smallest absolute Gasteiger partial charge is 0.294 e. The molecule has 0 bridgehead atoms. The molecule has 0 aliphatic carbocycles. The van der Waals surface area contributed by atoms with Crippen molar-refractivity contribution in [2.24, 2.45) is 0 Å². The lowest BCUT2D eigenvalue weighted by molar-refractivity contribution is -0.116. The van der Waals surface area contributed by atoms with Crippen LogP contribution in [-0.2, 0) is 9.53 Å². The van der Waals surface area contributed by atoms with E-state index in [1.54, 1.807) is 12.2 Å². The van der Waals surface area contributed by atoms with Gasteiger partial charge in [-0.2, -0.15) is 0 Å². The third kappa shape index (κ3) is 6.16. The number of unbranched alkanes of at least 4 members (excludes halogenated alkanes) is 4. The highest BCUT2D eigenvalue weighted by Crippen LogP contribution is 2.15. The molecule has 1 saturated heterocycles. The van der Waals surface area contributed by atoms with Gasteiger partial charge in [0.1, 0.15) is 5.75 Å². The fourth-order valence-corrected chi connectivity index (χ4v) is 2.44. The Morgan fingerprint density at radius 3 is 2.58 bits per heavy atom. The van der Waals surface area contributed by atoms with Gasteiger partial charge in [-0.15, -0.1) is 0 Å². The maximum Gasteiger partial charge on any atom is 0.294 e. The number of nitrogens with one attached hydrogen (secondary N) is 1. The Morgan fingerprint density at radius 2 is 1.92 bits per heavy atom. The minimum Gasteiger partial charge on any atom is -0.494 e. The monoisotopic (exact) mass is 345 g/mol. The molecule has 0 spiro atoms. The molecule has 1 amide bonds. The quantitative estimate of drug-likeness (QED) is 0.410. The van der Waals surface area contributed by atoms with Crippen molar-refractivity contribution in [2.75, 3.05) is 6.61 Å². The van der Waals surface area contributed by atoms with Crippen molar-refractivity contribution < 1.29 is 14.3 Å². The maximum absolute atomic E-state index is 11.4. The molecule has 1 aromatic rings. The van der Waals surface area contributed by atoms with Crippen LogP contribution in [0, 0.1) is 0 Å². The lowest BCUT2D eigenvalue weighted by Gasteiger charge is -2.06. The van der Waals surface area contributed by atoms with Crippen molar-refractivity contribution in [3.05, 3.63) is 47.7 Å². The van der Waals surface area contributed by atoms with E-state index in [0.29, 0.717) is 0 Å². The van der Waals surface area contributed by atoms with Crippen LogP contribution in [0.1, 0.15) is 44.6 Å². The second kappa shape index (κ2) is 9.88. The molecule has 0 atom stereocenters. The summed E-state index contributed by atoms with van der Waals surface area (Å²) in [7, 11) is 0. The van der Waals surface area contributed by atoms with Gasteiger partial charge in [0.25, 0.3) is 11.1 Å². The molecule has 1 fully saturated rings. The molecule has 1 heterocycles. The normalized spacial score (nSPS) is 15.8. The topological polar surface area (TPSA) is 47.6 Å². The summed E-state index contributed by atoms with van der Waals surface area (Å²) in [6.07, 6.45) is 11.4. The maximum atomic E-state index is 11.4. The van der Waals surface area contributed by atoms with E-state index in [1.807, 2.05) is 30.3 Å². The highest BCUT2D eigenvalue weighted by Gasteiger charge is 2.21. The lowest BCUT2D eigenvalue weighted by atomic mass is 10.2. The second-order valence-corrected chi connectivity index (χ2v) is 5.94. The summed E-state index contributed by atoms with van der Waals surface area (Å²) in [5.41, 5.74) is 1.02. The van der Waals surface area contributed by atoms with E-state index < -0.39 is 0 Å². The molecular formula is C19H23NO3S. The number of benzene rings is 1. The number of carbonyl (C=O) groups is 1. The van der Waals surface area contributed by atoms with Crippen LogP contribution < -0.4 is 10.1 Å². The molecule has 4 nitrogen and oxygen atoms in total. The highest BCUT2D eigenvalue weighted by atomic mass is 32.1. The summed E-state index contributed by atoms with van der Waals surface area (Å²) < 4.78 is 10.8. The van der Waals surface area contributed by atoms with Gasteiger partial charge in [-0.3, -0.25) is 10.1 Å². The van der Waals surface area contributed by atoms with Crippen LogP contribution in [-0.4, -0.2) is 17.7 Å². The summed E-state index contributed by atoms with van der Waals surface area (Å²) in [6.45, 7) is 2.98. The first-order valence-corrected chi connectivity index (χ1v) is 8.74. The van der Waals surface area contributed by atoms with Gasteiger partial charge < -0.3 is 9.47 Å². The average Bonchev–Trinajstić information content (AvgIpc) is 2.90. The van der Waals surface area contributed by atoms with Crippen molar-refractivity contribution in [2.45, 2.75) is 39.0 Å². The van der Waals surface area contributed by atoms with Crippen LogP contribution in [0.3, 0.4) is 0 Å². The molecule has 0 radical (unpaired) electrons. The Bertz CT molecular complexity index is 620. The first-order chi connectivity index (χ1) is 11.7. The first kappa shape index (κ1) is 18.2. The molecule has 24 heavy (non-hydrogen) atoms. The van der Waals surface area contributed by atoms with E-state index in [-0.39, 0.29) is 16.8 Å². The highest BCUT2D eigenvalue weighted by molar-refractivity contribution is 7.80. The van der Waals surface area contributed by atoms with Crippen LogP contribution in [0.5, 0.6) is 5.75 Å². The van der Waals surface area contributed by atoms with Crippen LogP contribution in [0.15, 0.2) is 42.2 Å². The number of rotatable bonds is 9. The lowest BCUT2D eigenvalue weighted by Crippen LogP contribution is -2.18. The van der Waals surface area contributed by atoms with E-state index >= 15 is 0 Å². The van der Waals surface area contributed by atoms with Crippen LogP contribution in [0.2, 0.25) is 0 Å². The zero-order chi connectivity index (χ0) is 17.2. The molecular weight excluding hydrogens is 322 g/mol. The standard InChI is InChI=1S/C19H23NO3S/c1-2-3-4-5-6-14-22-16-12-10-15(11-13-16)8-7-9-17-18(21)20-19(24)23-17/h7-13H,2-6,14H2,1H3,(H,20,21,24). The number of allylic oxidation sites excluding steroid dienone is 2. The Kier molecular flexibility index (Phi) is 7.49. The van der Waals surface area contributed by atoms with Gasteiger partial charge in [-0.25, -0.2) is 0 Å². The number of thiocarbonyl (C=S) groups is 1. The Balaban J connectivity index is 1.75. The summed E-state index contributed by atoms with van der Waals surface area (Å²) >= 11 is 4.76. The van der Waals surface area contributed by atoms with Crippen LogP contribution >= 0.6 is 12.2 Å². The van der Waals surface area contributed by atoms with Gasteiger partial charge >= 0.3 is 0 Å². The Hall–Kier alpha value is -2.14. The predicted molar refractivity (Wildman–Crippen MR) is 99.6 cm³/mol. The van der Waals surface area contributed by atoms with E-state index in [1.165, 1.54) is 25.7 Å². The molecule has 2 rings (SSSR count). The van der Waals surface area contributed by atoms with Gasteiger partial charge in [0.05, 0.1) is 6.61 Å². The summed E-state index contributed by atoms with van der Waals surface area (Å²) in [5.74, 6) is 0.775. The van der Waals surface area contributed by atoms with Crippen molar-refractivity contribution in [1.29, 1.82) is 0 Å². The number of carbonyl (C=O) groups excluding carboxylic acids is 1. The zero-order valence-corrected chi connectivity index (χ0v) is 14.7. The third-order valence-electron chi connectivity index (χ3n) is 3.58.